The zero-order chi connectivity index (χ0) is 13.7. The number of rotatable bonds is 5. The molecule has 0 radical (unpaired) electrons. The molecule has 0 saturated heterocycles. The first-order valence-electron chi connectivity index (χ1n) is 5.33. The maximum atomic E-state index is 11.8. The molecule has 0 spiro atoms. The van der Waals surface area contributed by atoms with Gasteiger partial charge < -0.3 is 14.8 Å². The molecule has 0 atom stereocenters. The Morgan fingerprint density at radius 2 is 2.28 bits per heavy atom. The molecule has 1 aromatic heterocycles. The molecule has 0 aliphatic rings. The van der Waals surface area contributed by atoms with Crippen molar-refractivity contribution >= 4 is 33.5 Å². The first-order chi connectivity index (χ1) is 8.54. The van der Waals surface area contributed by atoms with Crippen LogP contribution in [0.2, 0.25) is 0 Å². The van der Waals surface area contributed by atoms with Crippen LogP contribution < -0.4 is 5.32 Å². The molecule has 0 aromatic carbocycles. The van der Waals surface area contributed by atoms with E-state index in [9.17, 15) is 4.79 Å². The topological polar surface area (TPSA) is 60.5 Å². The SMILES string of the molecule is C=C(OCC)c1cc(Br)nc(NC)c1C(=O)OC. The molecule has 0 aliphatic heterocycles. The number of methoxy groups -OCH3 is 1. The first-order valence-corrected chi connectivity index (χ1v) is 6.13. The minimum absolute atomic E-state index is 0.307. The third-order valence-corrected chi connectivity index (χ3v) is 2.64. The van der Waals surface area contributed by atoms with Crippen molar-refractivity contribution in [3.8, 4) is 0 Å². The molecule has 0 unspecified atom stereocenters. The number of carbonyl (C=O) groups is 1. The minimum Gasteiger partial charge on any atom is -0.494 e. The highest BCUT2D eigenvalue weighted by Crippen LogP contribution is 2.28. The number of anilines is 1. The summed E-state index contributed by atoms with van der Waals surface area (Å²) in [5.74, 6) is 0.319. The lowest BCUT2D eigenvalue weighted by Gasteiger charge is -2.14. The standard InChI is InChI=1S/C12H15BrN2O3/c1-5-18-7(2)8-6-9(13)15-11(14-3)10(8)12(16)17-4/h6H,2,5H2,1,3-4H3,(H,14,15). The van der Waals surface area contributed by atoms with Gasteiger partial charge in [-0.1, -0.05) is 6.58 Å². The molecule has 1 N–H and O–H groups in total. The predicted molar refractivity (Wildman–Crippen MR) is 73.5 cm³/mol. The van der Waals surface area contributed by atoms with Crippen molar-refractivity contribution < 1.29 is 14.3 Å². The molecule has 0 bridgehead atoms. The molecule has 6 heteroatoms. The molecule has 1 heterocycles. The molecule has 0 aliphatic carbocycles. The lowest BCUT2D eigenvalue weighted by atomic mass is 10.1. The lowest BCUT2D eigenvalue weighted by Crippen LogP contribution is -2.12. The van der Waals surface area contributed by atoms with Gasteiger partial charge in [0.2, 0.25) is 0 Å². The smallest absolute Gasteiger partial charge is 0.342 e. The lowest BCUT2D eigenvalue weighted by molar-refractivity contribution is 0.0600. The van der Waals surface area contributed by atoms with Crippen LogP contribution in [0.25, 0.3) is 5.76 Å². The van der Waals surface area contributed by atoms with E-state index in [2.05, 4.69) is 32.8 Å². The number of aromatic nitrogens is 1. The third kappa shape index (κ3) is 3.01. The average Bonchev–Trinajstić information content (AvgIpc) is 2.36. The summed E-state index contributed by atoms with van der Waals surface area (Å²) < 4.78 is 10.7. The fourth-order valence-corrected chi connectivity index (χ4v) is 1.88. The largest absolute Gasteiger partial charge is 0.494 e. The van der Waals surface area contributed by atoms with Crippen LogP contribution in [0.5, 0.6) is 0 Å². The number of nitrogens with zero attached hydrogens (tertiary/aromatic N) is 1. The van der Waals surface area contributed by atoms with Gasteiger partial charge in [-0.25, -0.2) is 9.78 Å². The number of pyridine rings is 1. The molecule has 0 amide bonds. The highest BCUT2D eigenvalue weighted by molar-refractivity contribution is 9.10. The van der Waals surface area contributed by atoms with Gasteiger partial charge in [-0.3, -0.25) is 0 Å². The fourth-order valence-electron chi connectivity index (χ4n) is 1.48. The summed E-state index contributed by atoms with van der Waals surface area (Å²) >= 11 is 3.28. The molecule has 1 rings (SSSR count). The Labute approximate surface area is 114 Å². The predicted octanol–water partition coefficient (Wildman–Crippen LogP) is 2.68. The van der Waals surface area contributed by atoms with Crippen LogP contribution in [0.3, 0.4) is 0 Å². The maximum absolute atomic E-state index is 11.8. The number of nitrogens with one attached hydrogen (secondary N) is 1. The Kier molecular flexibility index (Phi) is 5.15. The Balaban J connectivity index is 3.41. The molecule has 98 valence electrons. The summed E-state index contributed by atoms with van der Waals surface area (Å²) in [6.45, 7) is 6.11. The van der Waals surface area contributed by atoms with E-state index in [1.54, 1.807) is 13.1 Å². The molecule has 18 heavy (non-hydrogen) atoms. The Morgan fingerprint density at radius 1 is 1.61 bits per heavy atom. The van der Waals surface area contributed by atoms with E-state index in [1.165, 1.54) is 7.11 Å². The quantitative estimate of drug-likeness (QED) is 0.514. The van der Waals surface area contributed by atoms with Crippen molar-refractivity contribution in [2.75, 3.05) is 26.1 Å². The van der Waals surface area contributed by atoms with Gasteiger partial charge >= 0.3 is 5.97 Å². The maximum Gasteiger partial charge on any atom is 0.342 e. The van der Waals surface area contributed by atoms with Gasteiger partial charge in [0.05, 0.1) is 13.7 Å². The van der Waals surface area contributed by atoms with Crippen LogP contribution in [-0.2, 0) is 9.47 Å². The van der Waals surface area contributed by atoms with Gasteiger partial charge in [-0.15, -0.1) is 0 Å². The average molecular weight is 315 g/mol. The second kappa shape index (κ2) is 6.39. The van der Waals surface area contributed by atoms with Crippen LogP contribution in [0.1, 0.15) is 22.8 Å². The molecular weight excluding hydrogens is 300 g/mol. The van der Waals surface area contributed by atoms with Gasteiger partial charge in [-0.05, 0) is 28.9 Å². The number of ether oxygens (including phenoxy) is 2. The summed E-state index contributed by atoms with van der Waals surface area (Å²) in [7, 11) is 2.99. The normalized spacial score (nSPS) is 9.78. The molecule has 5 nitrogen and oxygen atoms in total. The van der Waals surface area contributed by atoms with Crippen molar-refractivity contribution in [3.63, 3.8) is 0 Å². The number of carbonyl (C=O) groups excluding carboxylic acids is 1. The third-order valence-electron chi connectivity index (χ3n) is 2.23. The summed E-state index contributed by atoms with van der Waals surface area (Å²) in [4.78, 5) is 16.0. The van der Waals surface area contributed by atoms with Crippen molar-refractivity contribution in [2.24, 2.45) is 0 Å². The molecule has 0 saturated carbocycles. The fraction of sp³-hybridized carbons (Fsp3) is 0.333. The van der Waals surface area contributed by atoms with Crippen molar-refractivity contribution in [1.29, 1.82) is 0 Å². The van der Waals surface area contributed by atoms with E-state index >= 15 is 0 Å². The van der Waals surface area contributed by atoms with Crippen LogP contribution in [0.15, 0.2) is 17.2 Å². The summed E-state index contributed by atoms with van der Waals surface area (Å²) in [6.07, 6.45) is 0. The molecular formula is C12H15BrN2O3. The van der Waals surface area contributed by atoms with E-state index in [0.29, 0.717) is 33.9 Å². The highest BCUT2D eigenvalue weighted by atomic mass is 79.9. The second-order valence-electron chi connectivity index (χ2n) is 3.31. The molecule has 1 aromatic rings. The van der Waals surface area contributed by atoms with E-state index in [1.807, 2.05) is 6.92 Å². The monoisotopic (exact) mass is 314 g/mol. The van der Waals surface area contributed by atoms with Crippen LogP contribution in [0.4, 0.5) is 5.82 Å². The van der Waals surface area contributed by atoms with Crippen molar-refractivity contribution in [2.45, 2.75) is 6.92 Å². The Bertz CT molecular complexity index is 475. The van der Waals surface area contributed by atoms with E-state index < -0.39 is 5.97 Å². The zero-order valence-corrected chi connectivity index (χ0v) is 12.1. The van der Waals surface area contributed by atoms with Crippen LogP contribution in [0, 0.1) is 0 Å². The zero-order valence-electron chi connectivity index (χ0n) is 10.5. The Morgan fingerprint density at radius 3 is 2.78 bits per heavy atom. The Hall–Kier alpha value is -1.56. The van der Waals surface area contributed by atoms with E-state index in [-0.39, 0.29) is 0 Å². The van der Waals surface area contributed by atoms with Gasteiger partial charge in [0.25, 0.3) is 0 Å². The number of halogens is 1. The van der Waals surface area contributed by atoms with Gasteiger partial charge in [0.15, 0.2) is 0 Å². The summed E-state index contributed by atoms with van der Waals surface area (Å²) in [5, 5.41) is 2.85. The molecule has 0 fully saturated rings. The van der Waals surface area contributed by atoms with E-state index in [0.717, 1.165) is 0 Å². The number of esters is 1. The van der Waals surface area contributed by atoms with Gasteiger partial charge in [0, 0.05) is 12.6 Å². The number of hydrogen-bond donors (Lipinski definition) is 1. The minimum atomic E-state index is -0.491. The van der Waals surface area contributed by atoms with Crippen LogP contribution >= 0.6 is 15.9 Å². The summed E-state index contributed by atoms with van der Waals surface area (Å²) in [5.41, 5.74) is 0.858. The van der Waals surface area contributed by atoms with E-state index in [4.69, 9.17) is 9.47 Å². The van der Waals surface area contributed by atoms with Crippen molar-refractivity contribution in [3.05, 3.63) is 28.4 Å². The van der Waals surface area contributed by atoms with Gasteiger partial charge in [-0.2, -0.15) is 0 Å². The van der Waals surface area contributed by atoms with Crippen molar-refractivity contribution in [1.82, 2.24) is 4.98 Å². The highest BCUT2D eigenvalue weighted by Gasteiger charge is 2.21. The van der Waals surface area contributed by atoms with Crippen LogP contribution in [-0.4, -0.2) is 31.7 Å². The summed E-state index contributed by atoms with van der Waals surface area (Å²) in [6, 6.07) is 1.67. The first kappa shape index (κ1) is 14.5. The van der Waals surface area contributed by atoms with Gasteiger partial charge in [0.1, 0.15) is 21.7 Å². The second-order valence-corrected chi connectivity index (χ2v) is 4.13. The number of hydrogen-bond acceptors (Lipinski definition) is 5.